The summed E-state index contributed by atoms with van der Waals surface area (Å²) in [4.78, 5) is 18.9. The van der Waals surface area contributed by atoms with Crippen LogP contribution in [0.2, 0.25) is 0 Å². The molecule has 1 atom stereocenters. The number of thiophene rings is 1. The molecule has 10 heteroatoms. The second-order valence-electron chi connectivity index (χ2n) is 7.81. The molecule has 1 aliphatic rings. The second-order valence-corrected chi connectivity index (χ2v) is 10.8. The van der Waals surface area contributed by atoms with Crippen LogP contribution in [0.4, 0.5) is 5.69 Å². The highest BCUT2D eigenvalue weighted by Gasteiger charge is 2.27. The van der Waals surface area contributed by atoms with E-state index in [1.807, 2.05) is 13.8 Å². The molecular weight excluding hydrogens is 436 g/mol. The van der Waals surface area contributed by atoms with Crippen molar-refractivity contribution in [3.8, 4) is 10.7 Å². The number of hydrogen-bond acceptors (Lipinski definition) is 7. The maximum absolute atomic E-state index is 12.6. The summed E-state index contributed by atoms with van der Waals surface area (Å²) in [6.45, 7) is 5.26. The number of nitrogens with one attached hydrogen (secondary N) is 2. The van der Waals surface area contributed by atoms with E-state index >= 15 is 0 Å². The van der Waals surface area contributed by atoms with Gasteiger partial charge in [0, 0.05) is 10.8 Å². The average molecular weight is 461 g/mol. The molecule has 2 heterocycles. The zero-order chi connectivity index (χ0) is 22.2. The number of amides is 1. The molecule has 0 radical (unpaired) electrons. The highest BCUT2D eigenvalue weighted by Crippen LogP contribution is 2.38. The number of rotatable bonds is 7. The molecule has 0 unspecified atom stereocenters. The minimum absolute atomic E-state index is 0.117. The predicted molar refractivity (Wildman–Crippen MR) is 119 cm³/mol. The molecule has 31 heavy (non-hydrogen) atoms. The van der Waals surface area contributed by atoms with E-state index in [0.29, 0.717) is 23.3 Å². The summed E-state index contributed by atoms with van der Waals surface area (Å²) < 4.78 is 32.9. The fourth-order valence-electron chi connectivity index (χ4n) is 3.19. The molecule has 0 saturated heterocycles. The number of hydrogen-bond donors (Lipinski definition) is 2. The third-order valence-corrected chi connectivity index (χ3v) is 7.95. The molecular formula is C21H24N4O4S2. The molecule has 1 aromatic carbocycles. The number of aryl methyl sites for hydroxylation is 2. The zero-order valence-electron chi connectivity index (χ0n) is 17.5. The van der Waals surface area contributed by atoms with E-state index in [4.69, 9.17) is 4.52 Å². The Morgan fingerprint density at radius 2 is 1.94 bits per heavy atom. The van der Waals surface area contributed by atoms with E-state index < -0.39 is 22.0 Å². The molecule has 1 saturated carbocycles. The van der Waals surface area contributed by atoms with E-state index in [1.165, 1.54) is 36.8 Å². The molecule has 1 amide bonds. The van der Waals surface area contributed by atoms with Crippen molar-refractivity contribution in [1.82, 2.24) is 14.9 Å². The molecule has 1 fully saturated rings. The number of nitrogens with zero attached hydrogens (tertiary/aromatic N) is 2. The maximum Gasteiger partial charge on any atom is 0.242 e. The zero-order valence-corrected chi connectivity index (χ0v) is 19.1. The first-order valence-corrected chi connectivity index (χ1v) is 12.4. The van der Waals surface area contributed by atoms with E-state index in [9.17, 15) is 13.2 Å². The molecule has 164 valence electrons. The van der Waals surface area contributed by atoms with E-state index in [1.54, 1.807) is 18.2 Å². The number of carbonyl (C=O) groups excluding carboxylic acids is 1. The molecule has 1 aliphatic carbocycles. The van der Waals surface area contributed by atoms with Crippen LogP contribution in [-0.2, 0) is 14.8 Å². The Morgan fingerprint density at radius 1 is 1.23 bits per heavy atom. The first kappa shape index (κ1) is 21.7. The van der Waals surface area contributed by atoms with Gasteiger partial charge in [-0.05, 0) is 51.8 Å². The third kappa shape index (κ3) is 4.70. The summed E-state index contributed by atoms with van der Waals surface area (Å²) >= 11 is 1.44. The Labute approximate surface area is 185 Å². The van der Waals surface area contributed by atoms with Crippen LogP contribution in [0.15, 0.2) is 39.8 Å². The number of sulfonamides is 1. The summed E-state index contributed by atoms with van der Waals surface area (Å²) in [6, 6.07) is 7.28. The predicted octanol–water partition coefficient (Wildman–Crippen LogP) is 3.99. The van der Waals surface area contributed by atoms with Crippen molar-refractivity contribution >= 4 is 33.0 Å². The summed E-state index contributed by atoms with van der Waals surface area (Å²) in [6.07, 6.45) is 3.33. The van der Waals surface area contributed by atoms with Crippen molar-refractivity contribution in [3.05, 3.63) is 46.7 Å². The van der Waals surface area contributed by atoms with Gasteiger partial charge < -0.3 is 9.84 Å². The molecule has 0 bridgehead atoms. The van der Waals surface area contributed by atoms with Gasteiger partial charge >= 0.3 is 0 Å². The lowest BCUT2D eigenvalue weighted by atomic mass is 9.85. The van der Waals surface area contributed by atoms with Crippen LogP contribution in [0.1, 0.15) is 48.4 Å². The smallest absolute Gasteiger partial charge is 0.242 e. The largest absolute Gasteiger partial charge is 0.339 e. The quantitative estimate of drug-likeness (QED) is 0.551. The van der Waals surface area contributed by atoms with Gasteiger partial charge in [0.15, 0.2) is 0 Å². The summed E-state index contributed by atoms with van der Waals surface area (Å²) in [5, 5.41) is 6.86. The lowest BCUT2D eigenvalue weighted by Gasteiger charge is -2.20. The van der Waals surface area contributed by atoms with E-state index in [-0.39, 0.29) is 4.90 Å². The van der Waals surface area contributed by atoms with Crippen LogP contribution >= 0.6 is 11.3 Å². The van der Waals surface area contributed by atoms with Crippen LogP contribution in [-0.4, -0.2) is 30.5 Å². The Balaban J connectivity index is 1.43. The van der Waals surface area contributed by atoms with Gasteiger partial charge in [-0.15, -0.1) is 11.3 Å². The molecule has 4 rings (SSSR count). The van der Waals surface area contributed by atoms with Gasteiger partial charge in [-0.25, -0.2) is 8.42 Å². The van der Waals surface area contributed by atoms with Crippen molar-refractivity contribution < 1.29 is 17.7 Å². The highest BCUT2D eigenvalue weighted by molar-refractivity contribution is 7.89. The van der Waals surface area contributed by atoms with Crippen LogP contribution in [0, 0.1) is 13.8 Å². The summed E-state index contributed by atoms with van der Waals surface area (Å²) in [5.41, 5.74) is 1.55. The number of aromatic nitrogens is 2. The van der Waals surface area contributed by atoms with Crippen LogP contribution in [0.25, 0.3) is 10.7 Å². The molecule has 8 nitrogen and oxygen atoms in total. The van der Waals surface area contributed by atoms with Crippen molar-refractivity contribution in [2.24, 2.45) is 0 Å². The van der Waals surface area contributed by atoms with Gasteiger partial charge in [0.2, 0.25) is 27.6 Å². The van der Waals surface area contributed by atoms with Crippen LogP contribution < -0.4 is 10.0 Å². The van der Waals surface area contributed by atoms with Crippen LogP contribution in [0.3, 0.4) is 0 Å². The minimum Gasteiger partial charge on any atom is -0.339 e. The Kier molecular flexibility index (Phi) is 5.96. The first-order valence-electron chi connectivity index (χ1n) is 10.1. The average Bonchev–Trinajstić information content (AvgIpc) is 3.28. The topological polar surface area (TPSA) is 114 Å². The maximum atomic E-state index is 12.6. The van der Waals surface area contributed by atoms with Crippen molar-refractivity contribution in [3.63, 3.8) is 0 Å². The molecule has 3 aromatic rings. The monoisotopic (exact) mass is 460 g/mol. The molecule has 0 aliphatic heterocycles. The van der Waals surface area contributed by atoms with Gasteiger partial charge in [-0.2, -0.15) is 9.71 Å². The SMILES string of the molecule is Cc1ccc(S(=O)(=O)N[C@@H](C)C(=O)Nc2cc(-c3noc(C4CCC4)n3)sc2C)cc1. The van der Waals surface area contributed by atoms with Crippen molar-refractivity contribution in [2.45, 2.75) is 56.9 Å². The highest BCUT2D eigenvalue weighted by atomic mass is 32.2. The number of carbonyl (C=O) groups is 1. The lowest BCUT2D eigenvalue weighted by Crippen LogP contribution is -2.41. The van der Waals surface area contributed by atoms with Crippen LogP contribution in [0.5, 0.6) is 0 Å². The van der Waals surface area contributed by atoms with Gasteiger partial charge in [0.1, 0.15) is 0 Å². The molecule has 2 N–H and O–H groups in total. The first-order chi connectivity index (χ1) is 14.7. The standard InChI is InChI=1S/C21H24N4O4S2/c1-12-7-9-16(10-8-12)31(27,28)25-13(2)20(26)22-17-11-18(30-14(17)3)19-23-21(29-24-19)15-5-4-6-15/h7-11,13,15,25H,4-6H2,1-3H3,(H,22,26)/t13-/m0/s1. The van der Waals surface area contributed by atoms with Gasteiger partial charge in [-0.1, -0.05) is 29.3 Å². The number of benzene rings is 1. The Bertz CT molecular complexity index is 1190. The van der Waals surface area contributed by atoms with E-state index in [0.717, 1.165) is 28.2 Å². The van der Waals surface area contributed by atoms with Gasteiger partial charge in [0.05, 0.1) is 21.5 Å². The lowest BCUT2D eigenvalue weighted by molar-refractivity contribution is -0.117. The van der Waals surface area contributed by atoms with Gasteiger partial charge in [-0.3, -0.25) is 4.79 Å². The van der Waals surface area contributed by atoms with Crippen molar-refractivity contribution in [2.75, 3.05) is 5.32 Å². The minimum atomic E-state index is -3.80. The normalized spacial score (nSPS) is 15.5. The fraction of sp³-hybridized carbons (Fsp3) is 0.381. The van der Waals surface area contributed by atoms with E-state index in [2.05, 4.69) is 20.2 Å². The Hall–Kier alpha value is -2.56. The third-order valence-electron chi connectivity index (χ3n) is 5.35. The van der Waals surface area contributed by atoms with Crippen molar-refractivity contribution in [1.29, 1.82) is 0 Å². The fourth-order valence-corrected chi connectivity index (χ4v) is 5.29. The van der Waals surface area contributed by atoms with Gasteiger partial charge in [0.25, 0.3) is 0 Å². The summed E-state index contributed by atoms with van der Waals surface area (Å²) in [5.74, 6) is 1.07. The number of anilines is 1. The molecule has 0 spiro atoms. The second kappa shape index (κ2) is 8.52. The molecule has 2 aromatic heterocycles. The Morgan fingerprint density at radius 3 is 2.58 bits per heavy atom. The summed E-state index contributed by atoms with van der Waals surface area (Å²) in [7, 11) is -3.80.